The van der Waals surface area contributed by atoms with Gasteiger partial charge in [0.05, 0.1) is 11.7 Å². The summed E-state index contributed by atoms with van der Waals surface area (Å²) >= 11 is 12.1. The van der Waals surface area contributed by atoms with Gasteiger partial charge in [-0.2, -0.15) is 0 Å². The standard InChI is InChI=1S/C24H22Cl2N2O4/c25-17-5-1-15(2-6-17)21(29)13-28-18-7-3-14-4-8-19(12-16(14)11-18)32-23-22(26)20(24(30)31)9-10-27-23/h1-2,4-6,8-10,12,18,21,28-29H,3,7,11,13H2,(H,30,31)/t18-,21-/m0/s1. The lowest BCUT2D eigenvalue weighted by atomic mass is 9.88. The van der Waals surface area contributed by atoms with Crippen molar-refractivity contribution in [3.05, 3.63) is 87.0 Å². The van der Waals surface area contributed by atoms with Crippen LogP contribution in [0.2, 0.25) is 10.0 Å². The van der Waals surface area contributed by atoms with Gasteiger partial charge in [-0.25, -0.2) is 9.78 Å². The molecule has 4 rings (SSSR count). The summed E-state index contributed by atoms with van der Waals surface area (Å²) in [6.07, 6.45) is 3.41. The van der Waals surface area contributed by atoms with Crippen LogP contribution < -0.4 is 10.1 Å². The molecule has 0 radical (unpaired) electrons. The lowest BCUT2D eigenvalue weighted by molar-refractivity contribution is 0.0696. The number of aliphatic hydroxyl groups is 1. The van der Waals surface area contributed by atoms with Crippen LogP contribution in [0.5, 0.6) is 11.6 Å². The minimum absolute atomic E-state index is 0.0338. The molecule has 0 spiro atoms. The van der Waals surface area contributed by atoms with Crippen molar-refractivity contribution < 1.29 is 19.7 Å². The van der Waals surface area contributed by atoms with Crippen LogP contribution in [0.1, 0.15) is 39.6 Å². The number of benzene rings is 2. The van der Waals surface area contributed by atoms with Crippen molar-refractivity contribution in [2.24, 2.45) is 0 Å². The van der Waals surface area contributed by atoms with Gasteiger partial charge in [0.15, 0.2) is 0 Å². The van der Waals surface area contributed by atoms with Gasteiger partial charge >= 0.3 is 5.97 Å². The monoisotopic (exact) mass is 472 g/mol. The first kappa shape index (κ1) is 22.6. The van der Waals surface area contributed by atoms with E-state index in [9.17, 15) is 15.0 Å². The highest BCUT2D eigenvalue weighted by atomic mass is 35.5. The molecule has 8 heteroatoms. The maximum atomic E-state index is 11.3. The van der Waals surface area contributed by atoms with Gasteiger partial charge in [0, 0.05) is 23.8 Å². The molecule has 3 aromatic rings. The number of carboxylic acids is 1. The molecular weight excluding hydrogens is 451 g/mol. The van der Waals surface area contributed by atoms with Crippen LogP contribution in [0.25, 0.3) is 0 Å². The number of pyridine rings is 1. The largest absolute Gasteiger partial charge is 0.478 e. The second-order valence-corrected chi connectivity index (χ2v) is 8.55. The van der Waals surface area contributed by atoms with Crippen molar-refractivity contribution in [1.29, 1.82) is 0 Å². The van der Waals surface area contributed by atoms with E-state index >= 15 is 0 Å². The SMILES string of the molecule is O=C(O)c1ccnc(Oc2ccc3c(c2)C[C@@H](NC[C@H](O)c2ccc(Cl)cc2)CC3)c1Cl. The molecule has 3 N–H and O–H groups in total. The molecule has 1 aromatic heterocycles. The van der Waals surface area contributed by atoms with Gasteiger partial charge in [0.1, 0.15) is 10.8 Å². The number of hydrogen-bond donors (Lipinski definition) is 3. The second kappa shape index (κ2) is 9.88. The van der Waals surface area contributed by atoms with Crippen molar-refractivity contribution in [1.82, 2.24) is 10.3 Å². The molecule has 0 saturated heterocycles. The summed E-state index contributed by atoms with van der Waals surface area (Å²) in [6.45, 7) is 0.444. The van der Waals surface area contributed by atoms with Crippen LogP contribution >= 0.6 is 23.2 Å². The van der Waals surface area contributed by atoms with Gasteiger partial charge in [-0.1, -0.05) is 41.4 Å². The normalized spacial score (nSPS) is 16.3. The Hall–Kier alpha value is -2.64. The molecule has 0 fully saturated rings. The molecule has 0 saturated carbocycles. The van der Waals surface area contributed by atoms with E-state index < -0.39 is 12.1 Å². The van der Waals surface area contributed by atoms with E-state index in [1.165, 1.54) is 17.8 Å². The molecule has 32 heavy (non-hydrogen) atoms. The number of aromatic nitrogens is 1. The topological polar surface area (TPSA) is 91.7 Å². The minimum atomic E-state index is -1.14. The number of carboxylic acid groups (broad SMARTS) is 1. The number of rotatable bonds is 7. The molecule has 0 unspecified atom stereocenters. The minimum Gasteiger partial charge on any atom is -0.478 e. The highest BCUT2D eigenvalue weighted by Crippen LogP contribution is 2.32. The molecule has 0 bridgehead atoms. The summed E-state index contributed by atoms with van der Waals surface area (Å²) < 4.78 is 5.79. The van der Waals surface area contributed by atoms with Gasteiger partial charge in [-0.05, 0) is 66.3 Å². The van der Waals surface area contributed by atoms with Crippen LogP contribution in [0.3, 0.4) is 0 Å². The first-order valence-corrected chi connectivity index (χ1v) is 11.0. The Bertz CT molecular complexity index is 1120. The predicted octanol–water partition coefficient (Wildman–Crippen LogP) is 5.06. The third-order valence-electron chi connectivity index (χ3n) is 5.56. The molecule has 2 atom stereocenters. The number of nitrogens with one attached hydrogen (secondary N) is 1. The number of nitrogens with zero attached hydrogens (tertiary/aromatic N) is 1. The highest BCUT2D eigenvalue weighted by molar-refractivity contribution is 6.34. The second-order valence-electron chi connectivity index (χ2n) is 7.73. The van der Waals surface area contributed by atoms with Crippen LogP contribution in [0.15, 0.2) is 54.7 Å². The van der Waals surface area contributed by atoms with Crippen molar-refractivity contribution in [2.45, 2.75) is 31.4 Å². The number of fused-ring (bicyclic) bond motifs is 1. The van der Waals surface area contributed by atoms with Gasteiger partial charge < -0.3 is 20.3 Å². The summed E-state index contributed by atoms with van der Waals surface area (Å²) in [5.41, 5.74) is 3.14. The van der Waals surface area contributed by atoms with E-state index in [4.69, 9.17) is 27.9 Å². The van der Waals surface area contributed by atoms with Crippen LogP contribution in [-0.4, -0.2) is 33.8 Å². The molecule has 0 aliphatic heterocycles. The number of aryl methyl sites for hydroxylation is 1. The van der Waals surface area contributed by atoms with Crippen LogP contribution in [-0.2, 0) is 12.8 Å². The molecule has 0 amide bonds. The molecule has 1 heterocycles. The van der Waals surface area contributed by atoms with Gasteiger partial charge in [0.2, 0.25) is 5.88 Å². The van der Waals surface area contributed by atoms with E-state index in [0.717, 1.165) is 30.4 Å². The molecule has 166 valence electrons. The summed E-state index contributed by atoms with van der Waals surface area (Å²) in [5.74, 6) is -0.534. The van der Waals surface area contributed by atoms with E-state index in [1.54, 1.807) is 12.1 Å². The Kier molecular flexibility index (Phi) is 6.96. The van der Waals surface area contributed by atoms with Gasteiger partial charge in [-0.15, -0.1) is 0 Å². The molecular formula is C24H22Cl2N2O4. The number of halogens is 2. The van der Waals surface area contributed by atoms with Crippen molar-refractivity contribution in [3.63, 3.8) is 0 Å². The van der Waals surface area contributed by atoms with Crippen LogP contribution in [0.4, 0.5) is 0 Å². The summed E-state index contributed by atoms with van der Waals surface area (Å²) in [5, 5.41) is 23.7. The van der Waals surface area contributed by atoms with E-state index in [-0.39, 0.29) is 22.5 Å². The maximum Gasteiger partial charge on any atom is 0.337 e. The Morgan fingerprint density at radius 3 is 2.69 bits per heavy atom. The summed E-state index contributed by atoms with van der Waals surface area (Å²) in [4.78, 5) is 15.3. The predicted molar refractivity (Wildman–Crippen MR) is 123 cm³/mol. The first-order valence-electron chi connectivity index (χ1n) is 10.2. The Morgan fingerprint density at radius 1 is 1.16 bits per heavy atom. The summed E-state index contributed by atoms with van der Waals surface area (Å²) in [7, 11) is 0. The van der Waals surface area contributed by atoms with Crippen molar-refractivity contribution in [2.75, 3.05) is 6.54 Å². The van der Waals surface area contributed by atoms with Crippen molar-refractivity contribution >= 4 is 29.2 Å². The first-order chi connectivity index (χ1) is 15.4. The average molecular weight is 473 g/mol. The average Bonchev–Trinajstić information content (AvgIpc) is 2.79. The van der Waals surface area contributed by atoms with E-state index in [0.29, 0.717) is 17.3 Å². The summed E-state index contributed by atoms with van der Waals surface area (Å²) in [6, 6.07) is 14.5. The smallest absolute Gasteiger partial charge is 0.337 e. The lowest BCUT2D eigenvalue weighted by Gasteiger charge is -2.27. The Balaban J connectivity index is 1.41. The molecule has 1 aliphatic carbocycles. The van der Waals surface area contributed by atoms with Gasteiger partial charge in [-0.3, -0.25) is 0 Å². The van der Waals surface area contributed by atoms with Crippen molar-refractivity contribution in [3.8, 4) is 11.6 Å². The third kappa shape index (κ3) is 5.22. The maximum absolute atomic E-state index is 11.3. The molecule has 1 aliphatic rings. The third-order valence-corrected chi connectivity index (χ3v) is 6.18. The van der Waals surface area contributed by atoms with Crippen LogP contribution in [0, 0.1) is 0 Å². The van der Waals surface area contributed by atoms with Gasteiger partial charge in [0.25, 0.3) is 0 Å². The fourth-order valence-corrected chi connectivity index (χ4v) is 4.18. The number of hydrogen-bond acceptors (Lipinski definition) is 5. The lowest BCUT2D eigenvalue weighted by Crippen LogP contribution is -2.37. The zero-order chi connectivity index (χ0) is 22.7. The number of aromatic carboxylic acids is 1. The molecule has 6 nitrogen and oxygen atoms in total. The number of aliphatic hydroxyl groups excluding tert-OH is 1. The quantitative estimate of drug-likeness (QED) is 0.445. The number of ether oxygens (including phenoxy) is 1. The molecule has 2 aromatic carbocycles. The zero-order valence-corrected chi connectivity index (χ0v) is 18.6. The van der Waals surface area contributed by atoms with E-state index in [2.05, 4.69) is 10.3 Å². The Morgan fingerprint density at radius 2 is 1.94 bits per heavy atom. The highest BCUT2D eigenvalue weighted by Gasteiger charge is 2.21. The zero-order valence-electron chi connectivity index (χ0n) is 17.1. The number of carbonyl (C=O) groups is 1. The fraction of sp³-hybridized carbons (Fsp3) is 0.250. The Labute approximate surface area is 195 Å². The van der Waals surface area contributed by atoms with E-state index in [1.807, 2.05) is 30.3 Å². The fourth-order valence-electron chi connectivity index (χ4n) is 3.82.